The number of fused-ring (bicyclic) bond motifs is 1. The minimum atomic E-state index is -1.08. The van der Waals surface area contributed by atoms with Gasteiger partial charge in [-0.3, -0.25) is 19.3 Å². The minimum Gasteiger partial charge on any atom is -0.306 e. The number of nitro groups is 1. The number of non-ortho nitro benzene ring substituents is 1. The molecular weight excluding hydrogens is 394 g/mol. The highest BCUT2D eigenvalue weighted by Crippen LogP contribution is 2.32. The average molecular weight is 408 g/mol. The van der Waals surface area contributed by atoms with Gasteiger partial charge in [0.2, 0.25) is 0 Å². The predicted octanol–water partition coefficient (Wildman–Crippen LogP) is 4.75. The number of rotatable bonds is 4. The van der Waals surface area contributed by atoms with E-state index in [4.69, 9.17) is 0 Å². The summed E-state index contributed by atoms with van der Waals surface area (Å²) in [5.41, 5.74) is 1.30. The molecule has 0 aliphatic heterocycles. The van der Waals surface area contributed by atoms with E-state index in [-0.39, 0.29) is 28.3 Å². The second-order valence-electron chi connectivity index (χ2n) is 6.60. The van der Waals surface area contributed by atoms with Crippen LogP contribution < -0.4 is 5.32 Å². The lowest BCUT2D eigenvalue weighted by Crippen LogP contribution is -2.14. The van der Waals surface area contributed by atoms with E-state index in [1.807, 2.05) is 6.92 Å². The molecule has 2 heterocycles. The maximum Gasteiger partial charge on any atom is 0.269 e. The van der Waals surface area contributed by atoms with Crippen molar-refractivity contribution in [3.05, 3.63) is 93.7 Å². The summed E-state index contributed by atoms with van der Waals surface area (Å²) in [5, 5.41) is 13.5. The maximum absolute atomic E-state index is 14.5. The first-order chi connectivity index (χ1) is 14.3. The zero-order valence-corrected chi connectivity index (χ0v) is 15.6. The molecule has 0 aliphatic rings. The Hall–Kier alpha value is -4.14. The van der Waals surface area contributed by atoms with Crippen LogP contribution in [0, 0.1) is 28.7 Å². The SMILES string of the molecule is Cc1ccn2c(NC(=O)c3ccc([N+](=O)[O-])cc3)c(-c3cccc(F)c3F)nc2c1. The first-order valence-electron chi connectivity index (χ1n) is 8.84. The lowest BCUT2D eigenvalue weighted by Gasteiger charge is -2.09. The van der Waals surface area contributed by atoms with E-state index in [9.17, 15) is 23.7 Å². The van der Waals surface area contributed by atoms with Crippen LogP contribution in [-0.4, -0.2) is 20.2 Å². The Balaban J connectivity index is 1.81. The first-order valence-corrected chi connectivity index (χ1v) is 8.84. The monoisotopic (exact) mass is 408 g/mol. The molecule has 9 heteroatoms. The molecule has 4 aromatic rings. The Morgan fingerprint density at radius 3 is 2.57 bits per heavy atom. The standard InChI is InChI=1S/C21H14F2N4O3/c1-12-9-10-26-17(11-12)24-19(15-3-2-4-16(22)18(15)23)20(26)25-21(28)13-5-7-14(8-6-13)27(29)30/h2-11H,1H3,(H,25,28). The molecule has 0 saturated carbocycles. The predicted molar refractivity (Wildman–Crippen MR) is 106 cm³/mol. The number of anilines is 1. The van der Waals surface area contributed by atoms with Crippen LogP contribution in [0.4, 0.5) is 20.3 Å². The van der Waals surface area contributed by atoms with E-state index in [1.54, 1.807) is 22.7 Å². The van der Waals surface area contributed by atoms with Crippen LogP contribution in [0.15, 0.2) is 60.8 Å². The van der Waals surface area contributed by atoms with Gasteiger partial charge in [-0.2, -0.15) is 0 Å². The molecule has 2 aromatic heterocycles. The first kappa shape index (κ1) is 19.2. The molecule has 0 spiro atoms. The summed E-state index contributed by atoms with van der Waals surface area (Å²) in [6.07, 6.45) is 1.66. The van der Waals surface area contributed by atoms with Crippen molar-refractivity contribution in [1.82, 2.24) is 9.38 Å². The van der Waals surface area contributed by atoms with Gasteiger partial charge < -0.3 is 5.32 Å². The lowest BCUT2D eigenvalue weighted by atomic mass is 10.1. The Morgan fingerprint density at radius 2 is 1.87 bits per heavy atom. The summed E-state index contributed by atoms with van der Waals surface area (Å²) in [5.74, 6) is -2.54. The number of carbonyl (C=O) groups excluding carboxylic acids is 1. The smallest absolute Gasteiger partial charge is 0.269 e. The molecule has 0 aliphatic carbocycles. The number of hydrogen-bond acceptors (Lipinski definition) is 4. The number of aryl methyl sites for hydroxylation is 1. The Labute approximate surface area is 168 Å². The molecule has 1 N–H and O–H groups in total. The van der Waals surface area contributed by atoms with Crippen LogP contribution in [0.1, 0.15) is 15.9 Å². The molecule has 0 saturated heterocycles. The normalized spacial score (nSPS) is 10.9. The summed E-state index contributed by atoms with van der Waals surface area (Å²) in [6.45, 7) is 1.85. The molecule has 0 fully saturated rings. The van der Waals surface area contributed by atoms with Crippen molar-refractivity contribution in [2.24, 2.45) is 0 Å². The molecule has 0 unspecified atom stereocenters. The van der Waals surface area contributed by atoms with Gasteiger partial charge in [0.05, 0.1) is 4.92 Å². The van der Waals surface area contributed by atoms with Gasteiger partial charge in [-0.15, -0.1) is 0 Å². The number of aromatic nitrogens is 2. The Morgan fingerprint density at radius 1 is 1.13 bits per heavy atom. The molecular formula is C21H14F2N4O3. The van der Waals surface area contributed by atoms with Gasteiger partial charge in [0.15, 0.2) is 11.6 Å². The maximum atomic E-state index is 14.5. The molecule has 0 radical (unpaired) electrons. The number of nitrogens with zero attached hydrogens (tertiary/aromatic N) is 3. The number of benzene rings is 2. The molecule has 2 aromatic carbocycles. The van der Waals surface area contributed by atoms with Crippen LogP contribution in [0.2, 0.25) is 0 Å². The van der Waals surface area contributed by atoms with Gasteiger partial charge in [0.1, 0.15) is 17.2 Å². The summed E-state index contributed by atoms with van der Waals surface area (Å²) in [6, 6.07) is 12.3. The van der Waals surface area contributed by atoms with Crippen molar-refractivity contribution in [2.75, 3.05) is 5.32 Å². The third-order valence-electron chi connectivity index (χ3n) is 4.56. The number of hydrogen-bond donors (Lipinski definition) is 1. The second kappa shape index (κ2) is 7.36. The quantitative estimate of drug-likeness (QED) is 0.390. The number of halogens is 2. The largest absolute Gasteiger partial charge is 0.306 e. The van der Waals surface area contributed by atoms with Crippen molar-refractivity contribution in [2.45, 2.75) is 6.92 Å². The zero-order valence-electron chi connectivity index (χ0n) is 15.6. The van der Waals surface area contributed by atoms with E-state index in [1.165, 1.54) is 36.4 Å². The summed E-state index contributed by atoms with van der Waals surface area (Å²) < 4.78 is 29.8. The van der Waals surface area contributed by atoms with Crippen LogP contribution in [0.5, 0.6) is 0 Å². The van der Waals surface area contributed by atoms with Crippen molar-refractivity contribution >= 4 is 23.1 Å². The molecule has 150 valence electrons. The number of imidazole rings is 1. The van der Waals surface area contributed by atoms with E-state index >= 15 is 0 Å². The summed E-state index contributed by atoms with van der Waals surface area (Å²) in [4.78, 5) is 27.4. The van der Waals surface area contributed by atoms with Gasteiger partial charge in [-0.25, -0.2) is 13.8 Å². The Bertz CT molecular complexity index is 1300. The highest BCUT2D eigenvalue weighted by Gasteiger charge is 2.21. The highest BCUT2D eigenvalue weighted by molar-refractivity contribution is 6.06. The topological polar surface area (TPSA) is 89.5 Å². The number of amides is 1. The van der Waals surface area contributed by atoms with Gasteiger partial charge >= 0.3 is 0 Å². The molecule has 0 bridgehead atoms. The van der Waals surface area contributed by atoms with Crippen molar-refractivity contribution in [3.63, 3.8) is 0 Å². The van der Waals surface area contributed by atoms with Crippen LogP contribution in [-0.2, 0) is 0 Å². The molecule has 7 nitrogen and oxygen atoms in total. The molecule has 0 atom stereocenters. The van der Waals surface area contributed by atoms with Gasteiger partial charge in [0, 0.05) is 29.5 Å². The summed E-state index contributed by atoms with van der Waals surface area (Å²) in [7, 11) is 0. The van der Waals surface area contributed by atoms with E-state index in [2.05, 4.69) is 10.3 Å². The van der Waals surface area contributed by atoms with Crippen LogP contribution in [0.25, 0.3) is 16.9 Å². The fourth-order valence-electron chi connectivity index (χ4n) is 3.05. The van der Waals surface area contributed by atoms with E-state index in [0.717, 1.165) is 11.6 Å². The van der Waals surface area contributed by atoms with Crippen LogP contribution in [0.3, 0.4) is 0 Å². The van der Waals surface area contributed by atoms with E-state index < -0.39 is 22.5 Å². The second-order valence-corrected chi connectivity index (χ2v) is 6.60. The van der Waals surface area contributed by atoms with Gasteiger partial charge in [0.25, 0.3) is 11.6 Å². The molecule has 4 rings (SSSR count). The van der Waals surface area contributed by atoms with Crippen molar-refractivity contribution in [1.29, 1.82) is 0 Å². The fourth-order valence-corrected chi connectivity index (χ4v) is 3.05. The average Bonchev–Trinajstić information content (AvgIpc) is 3.07. The summed E-state index contributed by atoms with van der Waals surface area (Å²) >= 11 is 0. The lowest BCUT2D eigenvalue weighted by molar-refractivity contribution is -0.384. The molecule has 1 amide bonds. The van der Waals surface area contributed by atoms with Crippen molar-refractivity contribution in [3.8, 4) is 11.3 Å². The minimum absolute atomic E-state index is 0.0628. The number of pyridine rings is 1. The fraction of sp³-hybridized carbons (Fsp3) is 0.0476. The van der Waals surface area contributed by atoms with Crippen LogP contribution >= 0.6 is 0 Å². The Kier molecular flexibility index (Phi) is 4.71. The van der Waals surface area contributed by atoms with Gasteiger partial charge in [-0.1, -0.05) is 6.07 Å². The molecule has 30 heavy (non-hydrogen) atoms. The third kappa shape index (κ3) is 3.37. The van der Waals surface area contributed by atoms with Crippen molar-refractivity contribution < 1.29 is 18.5 Å². The van der Waals surface area contributed by atoms with E-state index in [0.29, 0.717) is 5.65 Å². The number of nitrogens with one attached hydrogen (secondary N) is 1. The number of nitro benzene ring substituents is 1. The van der Waals surface area contributed by atoms with Gasteiger partial charge in [-0.05, 0) is 48.9 Å². The third-order valence-corrected chi connectivity index (χ3v) is 4.56. The highest BCUT2D eigenvalue weighted by atomic mass is 19.2. The number of carbonyl (C=O) groups is 1. The zero-order chi connectivity index (χ0) is 21.4.